The van der Waals surface area contributed by atoms with Gasteiger partial charge in [-0.3, -0.25) is 19.3 Å². The Bertz CT molecular complexity index is 1500. The number of anilines is 1. The molecule has 0 aromatic heterocycles. The van der Waals surface area contributed by atoms with E-state index in [-0.39, 0.29) is 46.6 Å². The fourth-order valence-electron chi connectivity index (χ4n) is 4.49. The highest BCUT2D eigenvalue weighted by molar-refractivity contribution is 7.90. The SMILES string of the molecule is COc1ccc([C@@H](CS(C)(=O)=O)N2C(=O)c3cccc(NC(C)=O)c3C2=O)cc1OC1OC[C@@H](O)[C@H](O)[C@H]1O.O=C=O. The van der Waals surface area contributed by atoms with Crippen LogP contribution in [-0.2, 0) is 29.0 Å². The van der Waals surface area contributed by atoms with E-state index in [4.69, 9.17) is 23.8 Å². The molecule has 0 bridgehead atoms. The van der Waals surface area contributed by atoms with Crippen molar-refractivity contribution >= 4 is 39.4 Å². The third-order valence-corrected chi connectivity index (χ3v) is 7.22. The average molecular weight is 609 g/mol. The van der Waals surface area contributed by atoms with Gasteiger partial charge in [0, 0.05) is 13.2 Å². The van der Waals surface area contributed by atoms with Crippen LogP contribution in [0.1, 0.15) is 39.2 Å². The Kier molecular flexibility index (Phi) is 10.2. The molecular formula is C26H28N2O13S. The van der Waals surface area contributed by atoms with Gasteiger partial charge < -0.3 is 34.8 Å². The normalized spacial score (nSPS) is 22.3. The van der Waals surface area contributed by atoms with Crippen molar-refractivity contribution in [3.05, 3.63) is 53.1 Å². The highest BCUT2D eigenvalue weighted by Gasteiger charge is 2.44. The predicted molar refractivity (Wildman–Crippen MR) is 140 cm³/mol. The smallest absolute Gasteiger partial charge is 0.373 e. The number of imide groups is 1. The zero-order valence-corrected chi connectivity index (χ0v) is 23.4. The molecule has 1 fully saturated rings. The number of carbonyl (C=O) groups excluding carboxylic acids is 5. The molecule has 16 heteroatoms. The van der Waals surface area contributed by atoms with Gasteiger partial charge in [0.1, 0.15) is 28.1 Å². The first-order valence-corrected chi connectivity index (χ1v) is 14.3. The van der Waals surface area contributed by atoms with E-state index in [1.54, 1.807) is 0 Å². The van der Waals surface area contributed by atoms with E-state index >= 15 is 0 Å². The molecule has 0 saturated carbocycles. The number of carbonyl (C=O) groups is 3. The maximum Gasteiger partial charge on any atom is 0.373 e. The van der Waals surface area contributed by atoms with Crippen molar-refractivity contribution in [2.24, 2.45) is 0 Å². The summed E-state index contributed by atoms with van der Waals surface area (Å²) in [6.07, 6.45) is -4.71. The van der Waals surface area contributed by atoms with E-state index in [0.717, 1.165) is 11.2 Å². The molecule has 3 amide bonds. The monoisotopic (exact) mass is 608 g/mol. The third kappa shape index (κ3) is 6.99. The van der Waals surface area contributed by atoms with Crippen molar-refractivity contribution in [1.29, 1.82) is 0 Å². The van der Waals surface area contributed by atoms with Crippen molar-refractivity contribution in [2.45, 2.75) is 37.6 Å². The molecule has 1 unspecified atom stereocenters. The summed E-state index contributed by atoms with van der Waals surface area (Å²) in [5.41, 5.74) is 0.230. The number of aliphatic hydroxyl groups excluding tert-OH is 3. The Morgan fingerprint density at radius 3 is 2.38 bits per heavy atom. The second-order valence-electron chi connectivity index (χ2n) is 9.36. The molecular weight excluding hydrogens is 580 g/mol. The Labute approximate surface area is 239 Å². The van der Waals surface area contributed by atoms with Crippen molar-refractivity contribution in [1.82, 2.24) is 4.90 Å². The summed E-state index contributed by atoms with van der Waals surface area (Å²) in [7, 11) is -2.43. The summed E-state index contributed by atoms with van der Waals surface area (Å²) in [5.74, 6) is -2.55. The lowest BCUT2D eigenvalue weighted by atomic mass is 10.0. The Morgan fingerprint density at radius 2 is 1.79 bits per heavy atom. The summed E-state index contributed by atoms with van der Waals surface area (Å²) < 4.78 is 41.2. The molecule has 5 atom stereocenters. The third-order valence-electron chi connectivity index (χ3n) is 6.30. The quantitative estimate of drug-likeness (QED) is 0.272. The second kappa shape index (κ2) is 13.2. The second-order valence-corrected chi connectivity index (χ2v) is 11.5. The number of benzene rings is 2. The van der Waals surface area contributed by atoms with Crippen LogP contribution < -0.4 is 14.8 Å². The lowest BCUT2D eigenvalue weighted by molar-refractivity contribution is -0.242. The van der Waals surface area contributed by atoms with Gasteiger partial charge in [0.25, 0.3) is 11.8 Å². The predicted octanol–water partition coefficient (Wildman–Crippen LogP) is -0.730. The minimum absolute atomic E-state index is 0.000935. The largest absolute Gasteiger partial charge is 0.493 e. The fraction of sp³-hybridized carbons (Fsp3) is 0.385. The number of methoxy groups -OCH3 is 1. The lowest BCUT2D eigenvalue weighted by Gasteiger charge is -2.35. The Balaban J connectivity index is 0.00000155. The minimum atomic E-state index is -3.76. The fourth-order valence-corrected chi connectivity index (χ4v) is 5.40. The van der Waals surface area contributed by atoms with Crippen LogP contribution >= 0.6 is 0 Å². The maximum atomic E-state index is 13.5. The topological polar surface area (TPSA) is 223 Å². The van der Waals surface area contributed by atoms with Crippen LogP contribution in [0.25, 0.3) is 0 Å². The average Bonchev–Trinajstić information content (AvgIpc) is 3.17. The summed E-state index contributed by atoms with van der Waals surface area (Å²) in [4.78, 5) is 55.7. The first-order chi connectivity index (χ1) is 19.7. The van der Waals surface area contributed by atoms with Gasteiger partial charge in [0.2, 0.25) is 12.2 Å². The number of nitrogens with one attached hydrogen (secondary N) is 1. The summed E-state index contributed by atoms with van der Waals surface area (Å²) in [6, 6.07) is 7.25. The molecule has 2 aromatic rings. The van der Waals surface area contributed by atoms with Crippen LogP contribution in [0.5, 0.6) is 11.5 Å². The molecule has 2 aromatic carbocycles. The molecule has 4 rings (SSSR count). The molecule has 42 heavy (non-hydrogen) atoms. The van der Waals surface area contributed by atoms with Crippen LogP contribution in [0.3, 0.4) is 0 Å². The van der Waals surface area contributed by atoms with E-state index in [0.29, 0.717) is 0 Å². The van der Waals surface area contributed by atoms with Gasteiger partial charge >= 0.3 is 6.15 Å². The van der Waals surface area contributed by atoms with Gasteiger partial charge in [-0.15, -0.1) is 0 Å². The summed E-state index contributed by atoms with van der Waals surface area (Å²) >= 11 is 0. The van der Waals surface area contributed by atoms with Gasteiger partial charge in [-0.25, -0.2) is 8.42 Å². The van der Waals surface area contributed by atoms with Gasteiger partial charge in [-0.05, 0) is 29.8 Å². The molecule has 1 saturated heterocycles. The van der Waals surface area contributed by atoms with Crippen LogP contribution in [-0.4, -0.2) is 103 Å². The van der Waals surface area contributed by atoms with Crippen LogP contribution in [0.15, 0.2) is 36.4 Å². The Hall–Kier alpha value is -4.18. The molecule has 2 heterocycles. The Morgan fingerprint density at radius 1 is 1.12 bits per heavy atom. The van der Waals surface area contributed by atoms with E-state index in [2.05, 4.69) is 5.32 Å². The molecule has 2 aliphatic rings. The van der Waals surface area contributed by atoms with Crippen molar-refractivity contribution in [3.8, 4) is 11.5 Å². The molecule has 15 nitrogen and oxygen atoms in total. The summed E-state index contributed by atoms with van der Waals surface area (Å²) in [5, 5.41) is 32.5. The lowest BCUT2D eigenvalue weighted by Crippen LogP contribution is -2.54. The van der Waals surface area contributed by atoms with E-state index in [1.807, 2.05) is 0 Å². The first-order valence-electron chi connectivity index (χ1n) is 12.2. The zero-order valence-electron chi connectivity index (χ0n) is 22.5. The van der Waals surface area contributed by atoms with E-state index in [1.165, 1.54) is 50.4 Å². The molecule has 0 spiro atoms. The number of hydrogen-bond donors (Lipinski definition) is 4. The van der Waals surface area contributed by atoms with Crippen molar-refractivity contribution < 1.29 is 61.9 Å². The van der Waals surface area contributed by atoms with Crippen LogP contribution in [0, 0.1) is 0 Å². The van der Waals surface area contributed by atoms with E-state index in [9.17, 15) is 38.1 Å². The van der Waals surface area contributed by atoms with Crippen LogP contribution in [0.2, 0.25) is 0 Å². The van der Waals surface area contributed by atoms with Gasteiger partial charge in [0.15, 0.2) is 11.5 Å². The number of nitrogens with zero attached hydrogens (tertiary/aromatic N) is 1. The molecule has 2 aliphatic heterocycles. The number of aliphatic hydroxyl groups is 3. The number of rotatable bonds is 8. The zero-order chi connectivity index (χ0) is 31.4. The molecule has 0 radical (unpaired) electrons. The van der Waals surface area contributed by atoms with Crippen LogP contribution in [0.4, 0.5) is 5.69 Å². The van der Waals surface area contributed by atoms with E-state index < -0.39 is 64.0 Å². The highest BCUT2D eigenvalue weighted by atomic mass is 32.2. The van der Waals surface area contributed by atoms with Crippen molar-refractivity contribution in [3.63, 3.8) is 0 Å². The van der Waals surface area contributed by atoms with Crippen molar-refractivity contribution in [2.75, 3.05) is 31.0 Å². The molecule has 226 valence electrons. The highest BCUT2D eigenvalue weighted by Crippen LogP contribution is 2.39. The number of sulfone groups is 1. The minimum Gasteiger partial charge on any atom is -0.493 e. The number of hydrogen-bond acceptors (Lipinski definition) is 13. The number of amides is 3. The number of fused-ring (bicyclic) bond motifs is 1. The van der Waals surface area contributed by atoms with Gasteiger partial charge in [-0.1, -0.05) is 12.1 Å². The molecule has 0 aliphatic carbocycles. The first kappa shape index (κ1) is 32.3. The molecule has 4 N–H and O–H groups in total. The maximum absolute atomic E-state index is 13.5. The van der Waals surface area contributed by atoms with Gasteiger partial charge in [-0.2, -0.15) is 9.59 Å². The standard InChI is InChI=1S/C25H28N2O11S.CO2/c1-12(28)26-15-6-4-5-14-20(15)24(33)27(23(14)32)16(11-39(3,34)35)13-7-8-18(36-2)19(9-13)38-25-22(31)21(30)17(29)10-37-25;2-1-3/h4-9,16-17,21-22,25,29-31H,10-11H2,1-3H3,(H,26,28);/t16-,17-,21+,22-,25?;/m1./s1. The summed E-state index contributed by atoms with van der Waals surface area (Å²) in [6.45, 7) is 0.920. The van der Waals surface area contributed by atoms with Gasteiger partial charge in [0.05, 0.1) is 42.3 Å². The number of ether oxygens (including phenoxy) is 3.